The number of pyridine rings is 1. The number of fused-ring (bicyclic) bond motifs is 1. The molecule has 0 radical (unpaired) electrons. The third kappa shape index (κ3) is 6.88. The van der Waals surface area contributed by atoms with Crippen LogP contribution in [0.3, 0.4) is 0 Å². The number of H-pyrrole nitrogens is 1. The van der Waals surface area contributed by atoms with E-state index in [4.69, 9.17) is 0 Å². The Balaban J connectivity index is 0.000000533. The second-order valence-corrected chi connectivity index (χ2v) is 7.91. The highest BCUT2D eigenvalue weighted by atomic mass is 32.2. The molecule has 4 rings (SSSR count). The van der Waals surface area contributed by atoms with Gasteiger partial charge in [0, 0.05) is 11.0 Å². The molecule has 0 spiro atoms. The zero-order chi connectivity index (χ0) is 23.9. The molecule has 0 bridgehead atoms. The van der Waals surface area contributed by atoms with Gasteiger partial charge in [-0.1, -0.05) is 33.6 Å². The van der Waals surface area contributed by atoms with Gasteiger partial charge in [-0.3, -0.25) is 4.79 Å². The van der Waals surface area contributed by atoms with Gasteiger partial charge in [-0.2, -0.15) is 13.2 Å². The topological polar surface area (TPSA) is 82.7 Å². The van der Waals surface area contributed by atoms with E-state index < -0.39 is 11.7 Å². The van der Waals surface area contributed by atoms with E-state index in [1.54, 1.807) is 19.2 Å². The molecular formula is C22H28F3N5OS. The lowest BCUT2D eigenvalue weighted by Crippen LogP contribution is -2.06. The molecule has 2 heterocycles. The van der Waals surface area contributed by atoms with Crippen LogP contribution in [-0.4, -0.2) is 27.6 Å². The van der Waals surface area contributed by atoms with Crippen LogP contribution in [0.25, 0.3) is 11.2 Å². The average Bonchev–Trinajstić information content (AvgIpc) is 3.44. The maximum Gasteiger partial charge on any atom is 0.416 e. The number of thioether (sulfide) groups is 1. The average molecular weight is 468 g/mol. The Bertz CT molecular complexity index is 1050. The minimum atomic E-state index is -4.41. The lowest BCUT2D eigenvalue weighted by atomic mass is 10.2. The van der Waals surface area contributed by atoms with Gasteiger partial charge in [0.2, 0.25) is 6.41 Å². The highest BCUT2D eigenvalue weighted by Crippen LogP contribution is 2.37. The van der Waals surface area contributed by atoms with Crippen LogP contribution in [-0.2, 0) is 11.0 Å². The first-order valence-electron chi connectivity index (χ1n) is 10.3. The van der Waals surface area contributed by atoms with E-state index in [0.717, 1.165) is 18.1 Å². The van der Waals surface area contributed by atoms with Crippen molar-refractivity contribution in [3.8, 4) is 0 Å². The first kappa shape index (κ1) is 25.5. The van der Waals surface area contributed by atoms with Crippen LogP contribution in [0.2, 0.25) is 0 Å². The summed E-state index contributed by atoms with van der Waals surface area (Å²) in [6.07, 6.45) is 0.750. The largest absolute Gasteiger partial charge is 0.416 e. The van der Waals surface area contributed by atoms with E-state index in [9.17, 15) is 18.0 Å². The van der Waals surface area contributed by atoms with Crippen LogP contribution >= 0.6 is 11.8 Å². The maximum absolute atomic E-state index is 12.9. The van der Waals surface area contributed by atoms with Crippen molar-refractivity contribution in [3.05, 3.63) is 35.7 Å². The molecule has 3 aromatic rings. The van der Waals surface area contributed by atoms with Gasteiger partial charge in [0.15, 0.2) is 5.65 Å². The summed E-state index contributed by atoms with van der Waals surface area (Å²) in [5.74, 6) is 1.98. The van der Waals surface area contributed by atoms with Gasteiger partial charge >= 0.3 is 6.18 Å². The summed E-state index contributed by atoms with van der Waals surface area (Å²) in [7, 11) is 0. The molecule has 1 fully saturated rings. The molecule has 1 saturated carbocycles. The van der Waals surface area contributed by atoms with Gasteiger partial charge in [-0.25, -0.2) is 9.97 Å². The standard InChI is InChI=1S/C16H14F3N5OS.C4H8.C2H6/c1-8-21-14-11(6-13(20-7-25)24-15(14)22-8)23-10-4-3-9(16(17,18)19)5-12(10)26-2;1-4-2-3-4;1-2/h3-7H,1-2H3,(H3,20,21,22,23,24,25);4H,2-3H2,1H3;1-2H3. The third-order valence-electron chi connectivity index (χ3n) is 4.45. The number of amides is 1. The molecule has 0 atom stereocenters. The number of hydrogen-bond acceptors (Lipinski definition) is 5. The number of nitrogens with zero attached hydrogens (tertiary/aromatic N) is 2. The van der Waals surface area contributed by atoms with E-state index in [1.165, 1.54) is 30.7 Å². The summed E-state index contributed by atoms with van der Waals surface area (Å²) >= 11 is 1.19. The lowest BCUT2D eigenvalue weighted by Gasteiger charge is -2.14. The van der Waals surface area contributed by atoms with Crippen LogP contribution in [0, 0.1) is 12.8 Å². The van der Waals surface area contributed by atoms with E-state index in [0.29, 0.717) is 39.7 Å². The van der Waals surface area contributed by atoms with Gasteiger partial charge in [0.05, 0.1) is 16.9 Å². The second-order valence-electron chi connectivity index (χ2n) is 7.06. The zero-order valence-electron chi connectivity index (χ0n) is 18.7. The number of nitrogens with one attached hydrogen (secondary N) is 3. The Morgan fingerprint density at radius 3 is 2.34 bits per heavy atom. The van der Waals surface area contributed by atoms with Crippen molar-refractivity contribution in [2.45, 2.75) is 51.6 Å². The molecule has 1 amide bonds. The van der Waals surface area contributed by atoms with Crippen molar-refractivity contribution < 1.29 is 18.0 Å². The molecule has 0 saturated heterocycles. The van der Waals surface area contributed by atoms with Crippen LogP contribution in [0.15, 0.2) is 29.2 Å². The maximum atomic E-state index is 12.9. The fourth-order valence-electron chi connectivity index (χ4n) is 2.62. The van der Waals surface area contributed by atoms with Crippen LogP contribution in [0.4, 0.5) is 30.4 Å². The number of carbonyl (C=O) groups is 1. The Kier molecular flexibility index (Phi) is 8.94. The molecule has 2 aromatic heterocycles. The Hall–Kier alpha value is -2.75. The van der Waals surface area contributed by atoms with Gasteiger partial charge in [0.25, 0.3) is 0 Å². The van der Waals surface area contributed by atoms with Crippen molar-refractivity contribution in [2.24, 2.45) is 5.92 Å². The number of halogens is 3. The highest BCUT2D eigenvalue weighted by Gasteiger charge is 2.31. The predicted molar refractivity (Wildman–Crippen MR) is 125 cm³/mol. The molecule has 174 valence electrons. The quantitative estimate of drug-likeness (QED) is 0.285. The smallest absolute Gasteiger partial charge is 0.353 e. The van der Waals surface area contributed by atoms with E-state index in [1.807, 2.05) is 13.8 Å². The molecule has 0 unspecified atom stereocenters. The van der Waals surface area contributed by atoms with Gasteiger partial charge in [0.1, 0.15) is 17.2 Å². The fraction of sp³-hybridized carbons (Fsp3) is 0.409. The molecule has 6 nitrogen and oxygen atoms in total. The summed E-state index contributed by atoms with van der Waals surface area (Å²) in [4.78, 5) is 22.6. The highest BCUT2D eigenvalue weighted by molar-refractivity contribution is 7.98. The number of rotatable bonds is 5. The second kappa shape index (κ2) is 11.2. The normalized spacial score (nSPS) is 12.9. The molecule has 3 N–H and O–H groups in total. The molecule has 10 heteroatoms. The van der Waals surface area contributed by atoms with Crippen molar-refractivity contribution in [1.29, 1.82) is 0 Å². The summed E-state index contributed by atoms with van der Waals surface area (Å²) in [6.45, 7) is 8.03. The molecule has 1 aromatic carbocycles. The van der Waals surface area contributed by atoms with Crippen molar-refractivity contribution in [1.82, 2.24) is 15.0 Å². The Morgan fingerprint density at radius 2 is 1.81 bits per heavy atom. The van der Waals surface area contributed by atoms with E-state index in [-0.39, 0.29) is 5.82 Å². The number of anilines is 3. The van der Waals surface area contributed by atoms with Gasteiger partial charge < -0.3 is 15.6 Å². The minimum Gasteiger partial charge on any atom is -0.353 e. The Morgan fingerprint density at radius 1 is 1.16 bits per heavy atom. The summed E-state index contributed by atoms with van der Waals surface area (Å²) in [6, 6.07) is 5.06. The van der Waals surface area contributed by atoms with Crippen molar-refractivity contribution >= 4 is 46.5 Å². The first-order chi connectivity index (χ1) is 15.2. The molecular weight excluding hydrogens is 439 g/mol. The van der Waals surface area contributed by atoms with Crippen LogP contribution in [0.5, 0.6) is 0 Å². The lowest BCUT2D eigenvalue weighted by molar-refractivity contribution is -0.137. The molecule has 0 aliphatic heterocycles. The van der Waals surface area contributed by atoms with Crippen molar-refractivity contribution in [3.63, 3.8) is 0 Å². The summed E-state index contributed by atoms with van der Waals surface area (Å²) in [5, 5.41) is 5.56. The number of benzene rings is 1. The first-order valence-corrected chi connectivity index (χ1v) is 11.5. The number of carbonyl (C=O) groups excluding carboxylic acids is 1. The summed E-state index contributed by atoms with van der Waals surface area (Å²) in [5.41, 5.74) is 1.30. The Labute approximate surface area is 189 Å². The van der Waals surface area contributed by atoms with Crippen LogP contribution in [0.1, 0.15) is 45.0 Å². The number of imidazole rings is 1. The van der Waals surface area contributed by atoms with Crippen molar-refractivity contribution in [2.75, 3.05) is 16.9 Å². The third-order valence-corrected chi connectivity index (χ3v) is 5.23. The van der Waals surface area contributed by atoms with Crippen LogP contribution < -0.4 is 10.6 Å². The number of aromatic nitrogens is 3. The zero-order valence-corrected chi connectivity index (χ0v) is 19.5. The number of hydrogen-bond donors (Lipinski definition) is 3. The number of aromatic amines is 1. The predicted octanol–water partition coefficient (Wildman–Crippen LogP) is 6.76. The minimum absolute atomic E-state index is 0.277. The SMILES string of the molecule is CC.CC1CC1.CSc1cc(C(F)(F)F)ccc1Nc1cc(NC=O)nc2nc(C)[nH]c12. The van der Waals surface area contributed by atoms with E-state index >= 15 is 0 Å². The molecule has 32 heavy (non-hydrogen) atoms. The summed E-state index contributed by atoms with van der Waals surface area (Å²) < 4.78 is 38.8. The number of aryl methyl sites for hydroxylation is 1. The van der Waals surface area contributed by atoms with Gasteiger partial charge in [-0.05, 0) is 37.3 Å². The van der Waals surface area contributed by atoms with E-state index in [2.05, 4.69) is 32.5 Å². The molecule has 1 aliphatic rings. The van der Waals surface area contributed by atoms with Gasteiger partial charge in [-0.15, -0.1) is 11.8 Å². The fourth-order valence-corrected chi connectivity index (χ4v) is 3.20. The number of alkyl halides is 3. The molecule has 1 aliphatic carbocycles. The monoisotopic (exact) mass is 467 g/mol.